The van der Waals surface area contributed by atoms with Crippen molar-refractivity contribution in [2.24, 2.45) is 7.05 Å². The molecule has 7 nitrogen and oxygen atoms in total. The van der Waals surface area contributed by atoms with Gasteiger partial charge in [-0.1, -0.05) is 0 Å². The van der Waals surface area contributed by atoms with Crippen molar-refractivity contribution in [2.75, 3.05) is 18.9 Å². The Kier molecular flexibility index (Phi) is 3.17. The number of fused-ring (bicyclic) bond motifs is 1. The lowest BCUT2D eigenvalue weighted by molar-refractivity contribution is 0.0775. The molecule has 0 saturated carbocycles. The molecule has 1 N–H and O–H groups in total. The summed E-state index contributed by atoms with van der Waals surface area (Å²) >= 11 is 0. The van der Waals surface area contributed by atoms with Crippen molar-refractivity contribution in [3.63, 3.8) is 0 Å². The number of aryl methyl sites for hydroxylation is 2. The third kappa shape index (κ3) is 2.26. The maximum Gasteiger partial charge on any atom is 0.274 e. The van der Waals surface area contributed by atoms with E-state index in [1.807, 2.05) is 28.6 Å². The summed E-state index contributed by atoms with van der Waals surface area (Å²) in [5, 5.41) is 3.20. The summed E-state index contributed by atoms with van der Waals surface area (Å²) in [5.74, 6) is 1.55. The zero-order chi connectivity index (χ0) is 14.1. The molecule has 0 unspecified atom stereocenters. The van der Waals surface area contributed by atoms with Crippen LogP contribution in [0.2, 0.25) is 0 Å². The van der Waals surface area contributed by atoms with Gasteiger partial charge < -0.3 is 19.4 Å². The van der Waals surface area contributed by atoms with Crippen molar-refractivity contribution in [2.45, 2.75) is 19.5 Å². The minimum atomic E-state index is -0.0864. The Balaban J connectivity index is 1.75. The van der Waals surface area contributed by atoms with Gasteiger partial charge in [0.1, 0.15) is 11.5 Å². The standard InChI is InChI=1S/C13H18N6O/c1-17-7-5-14-11(17)9-18(2)12(20)10-8-19-6-3-4-15-13(19)16-10/h5,7-8H,3-4,6,9H2,1-2H3,(H,15,16). The molecule has 0 aromatic carbocycles. The molecule has 1 amide bonds. The number of nitrogens with one attached hydrogen (secondary N) is 1. The van der Waals surface area contributed by atoms with Crippen LogP contribution in [0.15, 0.2) is 18.6 Å². The van der Waals surface area contributed by atoms with Crippen LogP contribution in [-0.4, -0.2) is 43.5 Å². The molecule has 3 heterocycles. The monoisotopic (exact) mass is 274 g/mol. The van der Waals surface area contributed by atoms with Crippen LogP contribution in [0, 0.1) is 0 Å². The first kappa shape index (κ1) is 12.7. The number of hydrogen-bond acceptors (Lipinski definition) is 4. The van der Waals surface area contributed by atoms with Gasteiger partial charge in [0.2, 0.25) is 5.95 Å². The van der Waals surface area contributed by atoms with Gasteiger partial charge in [-0.15, -0.1) is 0 Å². The second-order valence-corrected chi connectivity index (χ2v) is 5.04. The number of carbonyl (C=O) groups is 1. The van der Waals surface area contributed by atoms with Crippen LogP contribution in [0.5, 0.6) is 0 Å². The van der Waals surface area contributed by atoms with Crippen molar-refractivity contribution in [1.82, 2.24) is 24.0 Å². The van der Waals surface area contributed by atoms with E-state index in [0.717, 1.165) is 31.3 Å². The van der Waals surface area contributed by atoms with Gasteiger partial charge in [-0.3, -0.25) is 4.79 Å². The first-order valence-corrected chi connectivity index (χ1v) is 6.68. The highest BCUT2D eigenvalue weighted by molar-refractivity contribution is 5.92. The maximum atomic E-state index is 12.4. The lowest BCUT2D eigenvalue weighted by atomic mass is 10.3. The van der Waals surface area contributed by atoms with Crippen LogP contribution >= 0.6 is 0 Å². The Morgan fingerprint density at radius 1 is 1.55 bits per heavy atom. The minimum absolute atomic E-state index is 0.0864. The fourth-order valence-electron chi connectivity index (χ4n) is 2.31. The normalized spacial score (nSPS) is 13.7. The first-order valence-electron chi connectivity index (χ1n) is 6.68. The fourth-order valence-corrected chi connectivity index (χ4v) is 2.31. The van der Waals surface area contributed by atoms with E-state index in [9.17, 15) is 4.79 Å². The van der Waals surface area contributed by atoms with E-state index < -0.39 is 0 Å². The predicted octanol–water partition coefficient (Wildman–Crippen LogP) is 0.704. The molecule has 106 valence electrons. The molecule has 0 bridgehead atoms. The SMILES string of the molecule is CN(Cc1nccn1C)C(=O)c1cn2c(n1)NCCC2. The van der Waals surface area contributed by atoms with Crippen molar-refractivity contribution in [3.05, 3.63) is 30.1 Å². The van der Waals surface area contributed by atoms with E-state index in [-0.39, 0.29) is 5.91 Å². The molecule has 0 spiro atoms. The Hall–Kier alpha value is -2.31. The zero-order valence-electron chi connectivity index (χ0n) is 11.7. The summed E-state index contributed by atoms with van der Waals surface area (Å²) < 4.78 is 3.90. The van der Waals surface area contributed by atoms with Crippen LogP contribution in [0.3, 0.4) is 0 Å². The topological polar surface area (TPSA) is 68.0 Å². The van der Waals surface area contributed by atoms with Crippen molar-refractivity contribution in [3.8, 4) is 0 Å². The van der Waals surface area contributed by atoms with Gasteiger partial charge in [0.15, 0.2) is 0 Å². The average Bonchev–Trinajstić information content (AvgIpc) is 3.04. The van der Waals surface area contributed by atoms with Gasteiger partial charge in [0.05, 0.1) is 6.54 Å². The lowest BCUT2D eigenvalue weighted by Crippen LogP contribution is -2.27. The van der Waals surface area contributed by atoms with Gasteiger partial charge >= 0.3 is 0 Å². The zero-order valence-corrected chi connectivity index (χ0v) is 11.7. The summed E-state index contributed by atoms with van der Waals surface area (Å²) in [5.41, 5.74) is 0.478. The number of hydrogen-bond donors (Lipinski definition) is 1. The predicted molar refractivity (Wildman–Crippen MR) is 74.3 cm³/mol. The molecule has 0 aliphatic carbocycles. The minimum Gasteiger partial charge on any atom is -0.356 e. The second kappa shape index (κ2) is 4.99. The summed E-state index contributed by atoms with van der Waals surface area (Å²) in [6, 6.07) is 0. The van der Waals surface area contributed by atoms with E-state index in [2.05, 4.69) is 15.3 Å². The molecule has 0 saturated heterocycles. The maximum absolute atomic E-state index is 12.4. The summed E-state index contributed by atoms with van der Waals surface area (Å²) in [6.07, 6.45) is 6.47. The summed E-state index contributed by atoms with van der Waals surface area (Å²) in [7, 11) is 3.68. The largest absolute Gasteiger partial charge is 0.356 e. The molecule has 0 radical (unpaired) electrons. The molecule has 2 aromatic rings. The van der Waals surface area contributed by atoms with E-state index in [0.29, 0.717) is 12.2 Å². The quantitative estimate of drug-likeness (QED) is 0.895. The smallest absolute Gasteiger partial charge is 0.274 e. The van der Waals surface area contributed by atoms with Crippen molar-refractivity contribution >= 4 is 11.9 Å². The third-order valence-corrected chi connectivity index (χ3v) is 3.50. The number of nitrogens with zero attached hydrogens (tertiary/aromatic N) is 5. The van der Waals surface area contributed by atoms with E-state index in [4.69, 9.17) is 0 Å². The highest BCUT2D eigenvalue weighted by atomic mass is 16.2. The number of imidazole rings is 2. The van der Waals surface area contributed by atoms with Crippen LogP contribution < -0.4 is 5.32 Å². The Bertz CT molecular complexity index is 605. The Labute approximate surface area is 117 Å². The molecule has 0 atom stereocenters. The number of rotatable bonds is 3. The fraction of sp³-hybridized carbons (Fsp3) is 0.462. The molecule has 3 rings (SSSR count). The van der Waals surface area contributed by atoms with Crippen LogP contribution in [0.4, 0.5) is 5.95 Å². The van der Waals surface area contributed by atoms with E-state index in [1.165, 1.54) is 0 Å². The summed E-state index contributed by atoms with van der Waals surface area (Å²) in [6.45, 7) is 2.29. The lowest BCUT2D eigenvalue weighted by Gasteiger charge is -2.15. The van der Waals surface area contributed by atoms with Gasteiger partial charge in [-0.25, -0.2) is 9.97 Å². The van der Waals surface area contributed by atoms with Crippen LogP contribution in [-0.2, 0) is 20.1 Å². The molecule has 0 fully saturated rings. The number of carbonyl (C=O) groups excluding carboxylic acids is 1. The van der Waals surface area contributed by atoms with Gasteiger partial charge in [-0.2, -0.15) is 0 Å². The molecule has 20 heavy (non-hydrogen) atoms. The Morgan fingerprint density at radius 2 is 2.40 bits per heavy atom. The highest BCUT2D eigenvalue weighted by Gasteiger charge is 2.20. The number of anilines is 1. The molecule has 2 aromatic heterocycles. The van der Waals surface area contributed by atoms with E-state index >= 15 is 0 Å². The number of aromatic nitrogens is 4. The number of amides is 1. The molecular formula is C13H18N6O. The molecule has 7 heteroatoms. The third-order valence-electron chi connectivity index (χ3n) is 3.50. The molecule has 1 aliphatic rings. The second-order valence-electron chi connectivity index (χ2n) is 5.04. The van der Waals surface area contributed by atoms with Crippen LogP contribution in [0.1, 0.15) is 22.7 Å². The molecular weight excluding hydrogens is 256 g/mol. The van der Waals surface area contributed by atoms with Crippen LogP contribution in [0.25, 0.3) is 0 Å². The molecule has 1 aliphatic heterocycles. The summed E-state index contributed by atoms with van der Waals surface area (Å²) in [4.78, 5) is 22.6. The highest BCUT2D eigenvalue weighted by Crippen LogP contribution is 2.15. The van der Waals surface area contributed by atoms with Gasteiger partial charge in [0.25, 0.3) is 5.91 Å². The van der Waals surface area contributed by atoms with Gasteiger partial charge in [0, 0.05) is 45.8 Å². The average molecular weight is 274 g/mol. The first-order chi connectivity index (χ1) is 9.65. The van der Waals surface area contributed by atoms with Gasteiger partial charge in [-0.05, 0) is 6.42 Å². The Morgan fingerprint density at radius 3 is 3.10 bits per heavy atom. The van der Waals surface area contributed by atoms with E-state index in [1.54, 1.807) is 18.1 Å². The van der Waals surface area contributed by atoms with Crippen molar-refractivity contribution in [1.29, 1.82) is 0 Å². The van der Waals surface area contributed by atoms with Crippen molar-refractivity contribution < 1.29 is 4.79 Å².